The van der Waals surface area contributed by atoms with Gasteiger partial charge in [0.2, 0.25) is 0 Å². The summed E-state index contributed by atoms with van der Waals surface area (Å²) < 4.78 is 1.02. The number of aromatic nitrogens is 1. The van der Waals surface area contributed by atoms with Crippen molar-refractivity contribution in [2.24, 2.45) is 5.73 Å². The van der Waals surface area contributed by atoms with E-state index < -0.39 is 0 Å². The minimum Gasteiger partial charge on any atom is -0.392 e. The van der Waals surface area contributed by atoms with Gasteiger partial charge in [0, 0.05) is 43.4 Å². The molecule has 6 heteroatoms. The molecule has 0 radical (unpaired) electrons. The molecule has 2 rings (SSSR count). The van der Waals surface area contributed by atoms with Gasteiger partial charge >= 0.3 is 0 Å². The van der Waals surface area contributed by atoms with E-state index in [1.807, 2.05) is 12.3 Å². The number of hydrogen-bond acceptors (Lipinski definition) is 4. The molecule has 1 fully saturated rings. The topological polar surface area (TPSA) is 45.4 Å². The van der Waals surface area contributed by atoms with Gasteiger partial charge < -0.3 is 5.73 Å². The Bertz CT molecular complexity index is 457. The molecule has 1 aliphatic rings. The van der Waals surface area contributed by atoms with Crippen LogP contribution >= 0.6 is 28.1 Å². The van der Waals surface area contributed by atoms with Gasteiger partial charge in [-0.2, -0.15) is 0 Å². The maximum Gasteiger partial charge on any atom is 0.0902 e. The third-order valence-corrected chi connectivity index (χ3v) is 4.65. The summed E-state index contributed by atoms with van der Waals surface area (Å²) in [5.41, 5.74) is 7.00. The van der Waals surface area contributed by atoms with Crippen LogP contribution in [0.2, 0.25) is 0 Å². The number of hydrogen-bond donors (Lipinski definition) is 1. The van der Waals surface area contributed by atoms with E-state index >= 15 is 0 Å². The Morgan fingerprint density at radius 3 is 2.62 bits per heavy atom. The monoisotopic (exact) mass is 370 g/mol. The summed E-state index contributed by atoms with van der Waals surface area (Å²) in [5.74, 6) is 0. The lowest BCUT2D eigenvalue weighted by Gasteiger charge is -2.38. The molecule has 0 spiro atoms. The molecule has 4 nitrogen and oxygen atoms in total. The van der Waals surface area contributed by atoms with Crippen LogP contribution in [0.5, 0.6) is 0 Å². The number of rotatable bonds is 6. The van der Waals surface area contributed by atoms with Gasteiger partial charge in [0.05, 0.1) is 16.7 Å². The van der Waals surface area contributed by atoms with Gasteiger partial charge in [-0.25, -0.2) is 0 Å². The maximum absolute atomic E-state index is 5.89. The standard InChI is InChI=1S/C15H23BrN4S/c1-2-3-14(15(17)21)20-8-6-19(7-9-20)11-13-5-4-12(16)10-18-13/h4-5,10,14H,2-3,6-9,11H2,1H3,(H2,17,21). The predicted octanol–water partition coefficient (Wildman–Crippen LogP) is 2.42. The number of pyridine rings is 1. The molecule has 1 saturated heterocycles. The van der Waals surface area contributed by atoms with Crippen molar-refractivity contribution in [3.63, 3.8) is 0 Å². The second kappa shape index (κ2) is 8.17. The van der Waals surface area contributed by atoms with E-state index in [-0.39, 0.29) is 6.04 Å². The van der Waals surface area contributed by atoms with Gasteiger partial charge in [-0.15, -0.1) is 0 Å². The van der Waals surface area contributed by atoms with Gasteiger partial charge in [-0.1, -0.05) is 25.6 Å². The Balaban J connectivity index is 1.85. The van der Waals surface area contributed by atoms with Gasteiger partial charge in [0.25, 0.3) is 0 Å². The molecule has 2 N–H and O–H groups in total. The van der Waals surface area contributed by atoms with E-state index in [1.165, 1.54) is 0 Å². The second-order valence-electron chi connectivity index (χ2n) is 5.49. The highest BCUT2D eigenvalue weighted by Gasteiger charge is 2.25. The quantitative estimate of drug-likeness (QED) is 0.779. The summed E-state index contributed by atoms with van der Waals surface area (Å²) in [7, 11) is 0. The largest absolute Gasteiger partial charge is 0.392 e. The van der Waals surface area contributed by atoms with Crippen molar-refractivity contribution in [1.82, 2.24) is 14.8 Å². The van der Waals surface area contributed by atoms with Crippen LogP contribution in [0.25, 0.3) is 0 Å². The fourth-order valence-electron chi connectivity index (χ4n) is 2.74. The van der Waals surface area contributed by atoms with Crippen molar-refractivity contribution >= 4 is 33.1 Å². The van der Waals surface area contributed by atoms with Gasteiger partial charge in [-0.05, 0) is 34.5 Å². The summed E-state index contributed by atoms with van der Waals surface area (Å²) >= 11 is 8.63. The van der Waals surface area contributed by atoms with Crippen LogP contribution in [0.15, 0.2) is 22.8 Å². The summed E-state index contributed by atoms with van der Waals surface area (Å²) in [6, 6.07) is 4.38. The zero-order valence-electron chi connectivity index (χ0n) is 12.5. The first-order valence-electron chi connectivity index (χ1n) is 7.46. The van der Waals surface area contributed by atoms with E-state index in [0.717, 1.165) is 55.7 Å². The fraction of sp³-hybridized carbons (Fsp3) is 0.600. The van der Waals surface area contributed by atoms with Crippen molar-refractivity contribution in [3.05, 3.63) is 28.5 Å². The smallest absolute Gasteiger partial charge is 0.0902 e. The van der Waals surface area contributed by atoms with Crippen molar-refractivity contribution in [2.45, 2.75) is 32.4 Å². The van der Waals surface area contributed by atoms with Crippen LogP contribution in [-0.2, 0) is 6.54 Å². The van der Waals surface area contributed by atoms with Crippen molar-refractivity contribution in [3.8, 4) is 0 Å². The summed E-state index contributed by atoms with van der Waals surface area (Å²) in [6.45, 7) is 7.23. The molecule has 1 atom stereocenters. The Morgan fingerprint density at radius 1 is 1.38 bits per heavy atom. The van der Waals surface area contributed by atoms with Crippen molar-refractivity contribution < 1.29 is 0 Å². The van der Waals surface area contributed by atoms with E-state index in [4.69, 9.17) is 18.0 Å². The van der Waals surface area contributed by atoms with Crippen LogP contribution in [0, 0.1) is 0 Å². The summed E-state index contributed by atoms with van der Waals surface area (Å²) in [5, 5.41) is 0. The normalized spacial score (nSPS) is 18.6. The third-order valence-electron chi connectivity index (χ3n) is 3.91. The van der Waals surface area contributed by atoms with Crippen LogP contribution in [0.1, 0.15) is 25.5 Å². The molecular formula is C15H23BrN4S. The zero-order chi connectivity index (χ0) is 15.2. The third kappa shape index (κ3) is 4.98. The first-order chi connectivity index (χ1) is 10.1. The molecule has 0 saturated carbocycles. The molecule has 21 heavy (non-hydrogen) atoms. The SMILES string of the molecule is CCCC(C(N)=S)N1CCN(Cc2ccc(Br)cn2)CC1. The Morgan fingerprint density at radius 2 is 2.10 bits per heavy atom. The van der Waals surface area contributed by atoms with Gasteiger partial charge in [0.1, 0.15) is 0 Å². The Kier molecular flexibility index (Phi) is 6.54. The molecular weight excluding hydrogens is 348 g/mol. The van der Waals surface area contributed by atoms with Crippen LogP contribution in [0.3, 0.4) is 0 Å². The van der Waals surface area contributed by atoms with Gasteiger partial charge in [0.15, 0.2) is 0 Å². The lowest BCUT2D eigenvalue weighted by molar-refractivity contribution is 0.109. The number of thiocarbonyl (C=S) groups is 1. The van der Waals surface area contributed by atoms with E-state index in [9.17, 15) is 0 Å². The lowest BCUT2D eigenvalue weighted by Crippen LogP contribution is -2.53. The number of piperazine rings is 1. The molecule has 0 aliphatic carbocycles. The highest BCUT2D eigenvalue weighted by Crippen LogP contribution is 2.14. The molecule has 116 valence electrons. The molecule has 0 bridgehead atoms. The molecule has 0 aromatic carbocycles. The summed E-state index contributed by atoms with van der Waals surface area (Å²) in [4.78, 5) is 9.95. The molecule has 1 aliphatic heterocycles. The first kappa shape index (κ1) is 16.8. The average Bonchev–Trinajstić information content (AvgIpc) is 2.48. The van der Waals surface area contributed by atoms with Crippen LogP contribution < -0.4 is 5.73 Å². The van der Waals surface area contributed by atoms with Gasteiger partial charge in [-0.3, -0.25) is 14.8 Å². The fourth-order valence-corrected chi connectivity index (χ4v) is 3.24. The number of halogens is 1. The Hall–Kier alpha value is -0.560. The van der Waals surface area contributed by atoms with E-state index in [2.05, 4.69) is 43.7 Å². The minimum absolute atomic E-state index is 0.262. The average molecular weight is 371 g/mol. The van der Waals surface area contributed by atoms with Crippen LogP contribution in [-0.4, -0.2) is 52.0 Å². The number of nitrogens with zero attached hydrogens (tertiary/aromatic N) is 3. The molecule has 1 aromatic rings. The maximum atomic E-state index is 5.89. The second-order valence-corrected chi connectivity index (χ2v) is 6.87. The zero-order valence-corrected chi connectivity index (χ0v) is 14.9. The van der Waals surface area contributed by atoms with Crippen LogP contribution in [0.4, 0.5) is 0 Å². The van der Waals surface area contributed by atoms with Crippen molar-refractivity contribution in [1.29, 1.82) is 0 Å². The molecule has 2 heterocycles. The lowest BCUT2D eigenvalue weighted by atomic mass is 10.1. The predicted molar refractivity (Wildman–Crippen MR) is 94.3 cm³/mol. The first-order valence-corrected chi connectivity index (χ1v) is 8.66. The molecule has 0 amide bonds. The number of nitrogens with two attached hydrogens (primary N) is 1. The summed E-state index contributed by atoms with van der Waals surface area (Å²) in [6.07, 6.45) is 4.03. The van der Waals surface area contributed by atoms with E-state index in [1.54, 1.807) is 0 Å². The molecule has 1 unspecified atom stereocenters. The van der Waals surface area contributed by atoms with E-state index in [0.29, 0.717) is 4.99 Å². The highest BCUT2D eigenvalue weighted by atomic mass is 79.9. The minimum atomic E-state index is 0.262. The highest BCUT2D eigenvalue weighted by molar-refractivity contribution is 9.10. The van der Waals surface area contributed by atoms with Crippen molar-refractivity contribution in [2.75, 3.05) is 26.2 Å². The molecule has 1 aromatic heterocycles. The Labute approximate surface area is 140 Å².